The Balaban J connectivity index is 0.000000335. The highest BCUT2D eigenvalue weighted by molar-refractivity contribution is 5.98. The smallest absolute Gasteiger partial charge is 0.412 e. The Hall–Kier alpha value is -3.83. The number of hydrogen-bond acceptors (Lipinski definition) is 7. The largest absolute Gasteiger partial charge is 0.478 e. The van der Waals surface area contributed by atoms with Gasteiger partial charge in [0.15, 0.2) is 0 Å². The van der Waals surface area contributed by atoms with Crippen molar-refractivity contribution in [1.82, 2.24) is 9.97 Å². The highest BCUT2D eigenvalue weighted by Crippen LogP contribution is 2.17. The van der Waals surface area contributed by atoms with Crippen molar-refractivity contribution >= 4 is 29.5 Å². The van der Waals surface area contributed by atoms with Crippen LogP contribution in [-0.4, -0.2) is 44.4 Å². The van der Waals surface area contributed by atoms with E-state index in [1.807, 2.05) is 0 Å². The van der Waals surface area contributed by atoms with E-state index in [4.69, 9.17) is 14.6 Å². The van der Waals surface area contributed by atoms with Crippen molar-refractivity contribution in [1.29, 1.82) is 0 Å². The Morgan fingerprint density at radius 3 is 1.82 bits per heavy atom. The first-order valence-electron chi connectivity index (χ1n) is 9.56. The summed E-state index contributed by atoms with van der Waals surface area (Å²) in [5.41, 5.74) is -1.41. The van der Waals surface area contributed by atoms with Crippen LogP contribution in [0.5, 0.6) is 0 Å². The summed E-state index contributed by atoms with van der Waals surface area (Å²) in [6, 6.07) is 3.29. The van der Waals surface area contributed by atoms with Gasteiger partial charge in [0.1, 0.15) is 11.2 Å². The molecule has 0 aromatic carbocycles. The van der Waals surface area contributed by atoms with Crippen molar-refractivity contribution in [3.05, 3.63) is 48.1 Å². The summed E-state index contributed by atoms with van der Waals surface area (Å²) in [5.74, 6) is -2.91. The van der Waals surface area contributed by atoms with Gasteiger partial charge in [0, 0.05) is 6.07 Å². The quantitative estimate of drug-likeness (QED) is 0.544. The van der Waals surface area contributed by atoms with E-state index in [0.29, 0.717) is 5.69 Å². The van der Waals surface area contributed by atoms with Gasteiger partial charge in [0.2, 0.25) is 11.9 Å². The van der Waals surface area contributed by atoms with Gasteiger partial charge in [0.05, 0.1) is 29.3 Å². The summed E-state index contributed by atoms with van der Waals surface area (Å²) in [5, 5.41) is 13.5. The molecule has 2 rings (SSSR count). The molecule has 33 heavy (non-hydrogen) atoms. The van der Waals surface area contributed by atoms with E-state index in [-0.39, 0.29) is 5.69 Å². The van der Waals surface area contributed by atoms with E-state index in [1.165, 1.54) is 12.3 Å². The van der Waals surface area contributed by atoms with Gasteiger partial charge in [0.25, 0.3) is 0 Å². The topological polar surface area (TPSA) is 140 Å². The molecule has 0 aliphatic rings. The molecule has 0 unspecified atom stereocenters. The molecular weight excluding hydrogens is 442 g/mol. The lowest BCUT2D eigenvalue weighted by atomic mass is 10.2. The van der Waals surface area contributed by atoms with Gasteiger partial charge < -0.3 is 14.6 Å². The van der Waals surface area contributed by atoms with Gasteiger partial charge in [-0.1, -0.05) is 0 Å². The van der Waals surface area contributed by atoms with Gasteiger partial charge in [-0.2, -0.15) is 8.78 Å². The molecule has 0 aliphatic carbocycles. The van der Waals surface area contributed by atoms with E-state index in [2.05, 4.69) is 20.6 Å². The number of ether oxygens (including phenoxy) is 2. The fraction of sp³-hybridized carbons (Fsp3) is 0.381. The number of carbonyl (C=O) groups is 3. The van der Waals surface area contributed by atoms with E-state index >= 15 is 0 Å². The van der Waals surface area contributed by atoms with Crippen LogP contribution in [0.25, 0.3) is 0 Å². The number of amides is 2. The zero-order valence-electron chi connectivity index (χ0n) is 19.0. The molecule has 2 amide bonds. The van der Waals surface area contributed by atoms with Crippen LogP contribution in [0, 0.1) is 11.9 Å². The zero-order valence-corrected chi connectivity index (χ0v) is 19.0. The van der Waals surface area contributed by atoms with E-state index in [9.17, 15) is 23.2 Å². The van der Waals surface area contributed by atoms with Crippen LogP contribution in [-0.2, 0) is 9.47 Å². The van der Waals surface area contributed by atoms with Crippen molar-refractivity contribution in [3.63, 3.8) is 0 Å². The molecule has 0 spiro atoms. The first-order chi connectivity index (χ1) is 15.1. The molecule has 0 radical (unpaired) electrons. The maximum absolute atomic E-state index is 12.8. The van der Waals surface area contributed by atoms with E-state index < -0.39 is 46.8 Å². The van der Waals surface area contributed by atoms with Crippen molar-refractivity contribution < 1.29 is 37.7 Å². The third kappa shape index (κ3) is 11.4. The molecule has 0 atom stereocenters. The number of anilines is 2. The minimum absolute atomic E-state index is 0.127. The highest BCUT2D eigenvalue weighted by atomic mass is 19.1. The standard InChI is InChI=1S/C11H13FN2O4.C10H13FN2O2/c1-11(2,3)18-10(17)14-7-5-13-8(12)4-6(7)9(15)16;1-10(2,3)15-9(14)13-7-4-5-8(11)12-6-7/h4-5H,1-3H3,(H,14,17)(H,15,16);4-6H,1-3H3,(H,13,14). The normalized spacial score (nSPS) is 10.9. The molecule has 2 aromatic rings. The monoisotopic (exact) mass is 468 g/mol. The summed E-state index contributed by atoms with van der Waals surface area (Å²) >= 11 is 0. The molecular formula is C21H26F2N4O6. The van der Waals surface area contributed by atoms with E-state index in [0.717, 1.165) is 18.3 Å². The fourth-order valence-corrected chi connectivity index (χ4v) is 1.99. The summed E-state index contributed by atoms with van der Waals surface area (Å²) in [6.45, 7) is 10.3. The molecule has 12 heteroatoms. The predicted octanol–water partition coefficient (Wildman–Crippen LogP) is 4.83. The molecule has 2 heterocycles. The third-order valence-corrected chi connectivity index (χ3v) is 3.11. The number of pyridine rings is 2. The molecule has 0 bridgehead atoms. The summed E-state index contributed by atoms with van der Waals surface area (Å²) in [6.07, 6.45) is 0.719. The molecule has 0 fully saturated rings. The van der Waals surface area contributed by atoms with Crippen LogP contribution in [0.4, 0.5) is 29.7 Å². The molecule has 3 N–H and O–H groups in total. The lowest BCUT2D eigenvalue weighted by Gasteiger charge is -2.19. The number of carbonyl (C=O) groups excluding carboxylic acids is 2. The lowest BCUT2D eigenvalue weighted by molar-refractivity contribution is 0.0623. The van der Waals surface area contributed by atoms with Crippen molar-refractivity contribution in [2.24, 2.45) is 0 Å². The highest BCUT2D eigenvalue weighted by Gasteiger charge is 2.19. The zero-order chi connectivity index (χ0) is 25.4. The van der Waals surface area contributed by atoms with Crippen LogP contribution >= 0.6 is 0 Å². The Morgan fingerprint density at radius 1 is 0.848 bits per heavy atom. The van der Waals surface area contributed by atoms with Crippen molar-refractivity contribution in [3.8, 4) is 0 Å². The summed E-state index contributed by atoms with van der Waals surface area (Å²) in [4.78, 5) is 40.2. The SMILES string of the molecule is CC(C)(C)OC(=O)Nc1ccc(F)nc1.CC(C)(C)OC(=O)Nc1cnc(F)cc1C(=O)O. The molecule has 0 aliphatic heterocycles. The number of halogens is 2. The molecule has 2 aromatic heterocycles. The number of carboxylic acids is 1. The first kappa shape index (κ1) is 27.2. The Morgan fingerprint density at radius 2 is 1.36 bits per heavy atom. The molecule has 180 valence electrons. The number of hydrogen-bond donors (Lipinski definition) is 3. The van der Waals surface area contributed by atoms with Gasteiger partial charge >= 0.3 is 18.2 Å². The maximum atomic E-state index is 12.8. The Kier molecular flexibility index (Phi) is 9.20. The molecule has 0 saturated carbocycles. The summed E-state index contributed by atoms with van der Waals surface area (Å²) in [7, 11) is 0. The fourth-order valence-electron chi connectivity index (χ4n) is 1.99. The number of rotatable bonds is 3. The van der Waals surface area contributed by atoms with Crippen LogP contribution in [0.15, 0.2) is 30.6 Å². The van der Waals surface area contributed by atoms with Gasteiger partial charge in [-0.25, -0.2) is 24.4 Å². The maximum Gasteiger partial charge on any atom is 0.412 e. The second-order valence-electron chi connectivity index (χ2n) is 8.48. The second-order valence-corrected chi connectivity index (χ2v) is 8.48. The van der Waals surface area contributed by atoms with Gasteiger partial charge in [-0.3, -0.25) is 10.6 Å². The number of nitrogens with zero attached hydrogens (tertiary/aromatic N) is 2. The summed E-state index contributed by atoms with van der Waals surface area (Å²) < 4.78 is 35.2. The minimum Gasteiger partial charge on any atom is -0.478 e. The average Bonchev–Trinajstić information content (AvgIpc) is 2.62. The van der Waals surface area contributed by atoms with E-state index in [1.54, 1.807) is 41.5 Å². The van der Waals surface area contributed by atoms with Crippen LogP contribution < -0.4 is 10.6 Å². The molecule has 0 saturated heterocycles. The third-order valence-electron chi connectivity index (χ3n) is 3.11. The van der Waals surface area contributed by atoms with Gasteiger partial charge in [-0.15, -0.1) is 0 Å². The minimum atomic E-state index is -1.37. The first-order valence-corrected chi connectivity index (χ1v) is 9.56. The van der Waals surface area contributed by atoms with Crippen LogP contribution in [0.1, 0.15) is 51.9 Å². The Labute approximate surface area is 189 Å². The number of carboxylic acid groups (broad SMARTS) is 1. The predicted molar refractivity (Wildman–Crippen MR) is 115 cm³/mol. The lowest BCUT2D eigenvalue weighted by Crippen LogP contribution is -2.27. The van der Waals surface area contributed by atoms with Gasteiger partial charge in [-0.05, 0) is 53.7 Å². The second kappa shape index (κ2) is 11.2. The van der Waals surface area contributed by atoms with Crippen LogP contribution in [0.3, 0.4) is 0 Å². The number of aromatic carboxylic acids is 1. The average molecular weight is 468 g/mol. The number of nitrogens with one attached hydrogen (secondary N) is 2. The Bertz CT molecular complexity index is 986. The van der Waals surface area contributed by atoms with Crippen molar-refractivity contribution in [2.75, 3.05) is 10.6 Å². The van der Waals surface area contributed by atoms with Crippen LogP contribution in [0.2, 0.25) is 0 Å². The number of aromatic nitrogens is 2. The van der Waals surface area contributed by atoms with Crippen molar-refractivity contribution in [2.45, 2.75) is 52.7 Å². The molecule has 10 nitrogen and oxygen atoms in total.